The first-order valence-corrected chi connectivity index (χ1v) is 13.3. The number of aromatic nitrogens is 3. The number of anilines is 2. The standard InChI is InChI=1S/C30H27F4N5O2/c1-2-26-35-15-13-22(37-26)20-9-7-14-36-29(20)41-25-10-6-8-21(27(25)31)28(40)38-23-18-19(30(32,33)34)11-12-24(23)39-16-4-3-5-17-39/h6-15,18H,2-5,16-17H2,1H3,(H,38,40). The summed E-state index contributed by atoms with van der Waals surface area (Å²) in [5, 5.41) is 2.51. The Bertz CT molecular complexity index is 1550. The lowest BCUT2D eigenvalue weighted by Gasteiger charge is -2.31. The van der Waals surface area contributed by atoms with Gasteiger partial charge < -0.3 is 15.0 Å². The molecule has 1 aliphatic heterocycles. The van der Waals surface area contributed by atoms with Crippen LogP contribution in [0.5, 0.6) is 11.6 Å². The summed E-state index contributed by atoms with van der Waals surface area (Å²) in [5.41, 5.74) is 0.133. The fourth-order valence-corrected chi connectivity index (χ4v) is 4.67. The minimum absolute atomic E-state index is 0.0417. The SMILES string of the molecule is CCc1nccc(-c2cccnc2Oc2cccc(C(=O)Nc3cc(C(F)(F)F)ccc3N3CCCCC3)c2F)n1. The minimum atomic E-state index is -4.61. The predicted octanol–water partition coefficient (Wildman–Crippen LogP) is 7.29. The molecule has 0 spiro atoms. The van der Waals surface area contributed by atoms with Crippen molar-refractivity contribution in [2.75, 3.05) is 23.3 Å². The van der Waals surface area contributed by atoms with Crippen molar-refractivity contribution in [3.63, 3.8) is 0 Å². The number of rotatable bonds is 7. The van der Waals surface area contributed by atoms with Gasteiger partial charge >= 0.3 is 6.18 Å². The van der Waals surface area contributed by atoms with Crippen LogP contribution >= 0.6 is 0 Å². The summed E-state index contributed by atoms with van der Waals surface area (Å²) in [7, 11) is 0. The van der Waals surface area contributed by atoms with Crippen molar-refractivity contribution < 1.29 is 27.1 Å². The highest BCUT2D eigenvalue weighted by atomic mass is 19.4. The van der Waals surface area contributed by atoms with Crippen molar-refractivity contribution in [3.8, 4) is 22.9 Å². The molecule has 4 aromatic rings. The van der Waals surface area contributed by atoms with Gasteiger partial charge in [0.05, 0.1) is 33.8 Å². The third-order valence-electron chi connectivity index (χ3n) is 6.75. The van der Waals surface area contributed by atoms with Gasteiger partial charge in [0.25, 0.3) is 5.91 Å². The van der Waals surface area contributed by atoms with Crippen molar-refractivity contribution in [3.05, 3.63) is 89.8 Å². The Balaban J connectivity index is 1.45. The molecule has 0 unspecified atom stereocenters. The quantitative estimate of drug-likeness (QED) is 0.237. The summed E-state index contributed by atoms with van der Waals surface area (Å²) >= 11 is 0. The zero-order valence-corrected chi connectivity index (χ0v) is 22.2. The summed E-state index contributed by atoms with van der Waals surface area (Å²) in [6, 6.07) is 12.3. The number of aryl methyl sites for hydroxylation is 1. The van der Waals surface area contributed by atoms with E-state index in [2.05, 4.69) is 20.3 Å². The first kappa shape index (κ1) is 28.0. The number of hydrogen-bond acceptors (Lipinski definition) is 6. The van der Waals surface area contributed by atoms with Crippen molar-refractivity contribution in [1.29, 1.82) is 0 Å². The monoisotopic (exact) mass is 565 g/mol. The highest BCUT2D eigenvalue weighted by Crippen LogP contribution is 2.37. The van der Waals surface area contributed by atoms with E-state index in [0.29, 0.717) is 42.3 Å². The second-order valence-corrected chi connectivity index (χ2v) is 9.52. The Morgan fingerprint density at radius 2 is 1.80 bits per heavy atom. The van der Waals surface area contributed by atoms with Gasteiger partial charge in [0.2, 0.25) is 5.88 Å². The van der Waals surface area contributed by atoms with E-state index < -0.39 is 29.0 Å². The second kappa shape index (κ2) is 11.9. The van der Waals surface area contributed by atoms with E-state index in [1.54, 1.807) is 24.4 Å². The molecule has 5 rings (SSSR count). The normalized spacial score (nSPS) is 13.6. The molecule has 0 atom stereocenters. The Morgan fingerprint density at radius 3 is 2.56 bits per heavy atom. The molecule has 2 aromatic carbocycles. The molecule has 41 heavy (non-hydrogen) atoms. The van der Waals surface area contributed by atoms with E-state index in [1.807, 2.05) is 11.8 Å². The van der Waals surface area contributed by atoms with E-state index in [1.165, 1.54) is 30.5 Å². The van der Waals surface area contributed by atoms with Gasteiger partial charge in [-0.3, -0.25) is 4.79 Å². The van der Waals surface area contributed by atoms with Gasteiger partial charge in [-0.1, -0.05) is 13.0 Å². The Labute approximate surface area is 234 Å². The predicted molar refractivity (Wildman–Crippen MR) is 147 cm³/mol. The average Bonchev–Trinajstić information content (AvgIpc) is 2.98. The largest absolute Gasteiger partial charge is 0.435 e. The van der Waals surface area contributed by atoms with E-state index >= 15 is 4.39 Å². The molecule has 0 radical (unpaired) electrons. The molecule has 7 nitrogen and oxygen atoms in total. The Hall–Kier alpha value is -4.54. The lowest BCUT2D eigenvalue weighted by molar-refractivity contribution is -0.137. The van der Waals surface area contributed by atoms with Crippen molar-refractivity contribution in [1.82, 2.24) is 15.0 Å². The van der Waals surface area contributed by atoms with Gasteiger partial charge in [0.15, 0.2) is 11.6 Å². The maximum atomic E-state index is 15.7. The third kappa shape index (κ3) is 6.29. The van der Waals surface area contributed by atoms with Crippen molar-refractivity contribution in [2.45, 2.75) is 38.8 Å². The minimum Gasteiger partial charge on any atom is -0.435 e. The number of ether oxygens (including phenoxy) is 1. The third-order valence-corrected chi connectivity index (χ3v) is 6.75. The van der Waals surface area contributed by atoms with Crippen LogP contribution in [0, 0.1) is 5.82 Å². The maximum absolute atomic E-state index is 15.7. The van der Waals surface area contributed by atoms with Crippen LogP contribution in [-0.4, -0.2) is 33.9 Å². The van der Waals surface area contributed by atoms with Crippen LogP contribution in [0.25, 0.3) is 11.3 Å². The molecule has 212 valence electrons. The first-order chi connectivity index (χ1) is 19.7. The van der Waals surface area contributed by atoms with E-state index in [9.17, 15) is 18.0 Å². The fourth-order valence-electron chi connectivity index (χ4n) is 4.67. The van der Waals surface area contributed by atoms with Crippen LogP contribution in [0.4, 0.5) is 28.9 Å². The molecule has 0 aliphatic carbocycles. The number of carbonyl (C=O) groups excluding carboxylic acids is 1. The van der Waals surface area contributed by atoms with E-state index in [-0.39, 0.29) is 17.3 Å². The number of carbonyl (C=O) groups is 1. The second-order valence-electron chi connectivity index (χ2n) is 9.52. The van der Waals surface area contributed by atoms with E-state index in [0.717, 1.165) is 31.4 Å². The number of amides is 1. The molecule has 11 heteroatoms. The lowest BCUT2D eigenvalue weighted by Crippen LogP contribution is -2.30. The summed E-state index contributed by atoms with van der Waals surface area (Å²) in [6.45, 7) is 3.20. The number of benzene rings is 2. The topological polar surface area (TPSA) is 80.2 Å². The van der Waals surface area contributed by atoms with Crippen molar-refractivity contribution in [2.24, 2.45) is 0 Å². The van der Waals surface area contributed by atoms with Crippen LogP contribution in [0.2, 0.25) is 0 Å². The molecule has 2 aromatic heterocycles. The smallest absolute Gasteiger partial charge is 0.416 e. The molecule has 0 bridgehead atoms. The molecule has 1 fully saturated rings. The number of nitrogens with zero attached hydrogens (tertiary/aromatic N) is 4. The van der Waals surface area contributed by atoms with Crippen LogP contribution in [0.15, 0.2) is 67.0 Å². The number of halogens is 4. The molecule has 3 heterocycles. The molecule has 1 saturated heterocycles. The van der Waals surface area contributed by atoms with E-state index in [4.69, 9.17) is 4.74 Å². The average molecular weight is 566 g/mol. The van der Waals surface area contributed by atoms with Gasteiger partial charge in [0, 0.05) is 31.9 Å². The van der Waals surface area contributed by atoms with Gasteiger partial charge in [-0.05, 0) is 67.8 Å². The molecule has 1 aliphatic rings. The number of pyridine rings is 1. The number of piperidine rings is 1. The fraction of sp³-hybridized carbons (Fsp3) is 0.267. The summed E-state index contributed by atoms with van der Waals surface area (Å²) in [6.07, 6.45) is 1.87. The van der Waals surface area contributed by atoms with Crippen LogP contribution in [-0.2, 0) is 12.6 Å². The van der Waals surface area contributed by atoms with Gasteiger partial charge in [0.1, 0.15) is 5.82 Å². The highest BCUT2D eigenvalue weighted by Gasteiger charge is 2.32. The van der Waals surface area contributed by atoms with Crippen LogP contribution in [0.1, 0.15) is 47.9 Å². The zero-order valence-electron chi connectivity index (χ0n) is 22.2. The van der Waals surface area contributed by atoms with Gasteiger partial charge in [-0.25, -0.2) is 19.3 Å². The number of hydrogen-bond donors (Lipinski definition) is 1. The number of alkyl halides is 3. The molecule has 0 saturated carbocycles. The molecule has 1 N–H and O–H groups in total. The van der Waals surface area contributed by atoms with Gasteiger partial charge in [-0.15, -0.1) is 0 Å². The maximum Gasteiger partial charge on any atom is 0.416 e. The highest BCUT2D eigenvalue weighted by molar-refractivity contribution is 6.06. The first-order valence-electron chi connectivity index (χ1n) is 13.3. The summed E-state index contributed by atoms with van der Waals surface area (Å²) < 4.78 is 62.0. The lowest BCUT2D eigenvalue weighted by atomic mass is 10.1. The molecule has 1 amide bonds. The summed E-state index contributed by atoms with van der Waals surface area (Å²) in [4.78, 5) is 28.1. The van der Waals surface area contributed by atoms with Crippen LogP contribution < -0.4 is 15.0 Å². The Kier molecular flexibility index (Phi) is 8.14. The zero-order chi connectivity index (χ0) is 29.0. The van der Waals surface area contributed by atoms with Crippen LogP contribution in [0.3, 0.4) is 0 Å². The van der Waals surface area contributed by atoms with Crippen molar-refractivity contribution >= 4 is 17.3 Å². The summed E-state index contributed by atoms with van der Waals surface area (Å²) in [5.74, 6) is -1.49. The molecular formula is C30H27F4N5O2. The molecular weight excluding hydrogens is 538 g/mol. The Morgan fingerprint density at radius 1 is 1.00 bits per heavy atom. The van der Waals surface area contributed by atoms with Gasteiger partial charge in [-0.2, -0.15) is 13.2 Å². The number of nitrogens with one attached hydrogen (secondary N) is 1.